The van der Waals surface area contributed by atoms with Crippen molar-refractivity contribution < 1.29 is 9.53 Å². The van der Waals surface area contributed by atoms with E-state index in [1.807, 2.05) is 55.6 Å². The number of nitrogens with zero attached hydrogens (tertiary/aromatic N) is 1. The maximum atomic E-state index is 12.1. The number of esters is 1. The number of carbonyl (C=O) groups is 1. The highest BCUT2D eigenvalue weighted by Gasteiger charge is 2.20. The second kappa shape index (κ2) is 6.73. The lowest BCUT2D eigenvalue weighted by Crippen LogP contribution is -2.16. The summed E-state index contributed by atoms with van der Waals surface area (Å²) in [6.07, 6.45) is 1.84. The molecule has 1 aromatic carbocycles. The molecule has 116 valence electrons. The summed E-state index contributed by atoms with van der Waals surface area (Å²) < 4.78 is 5.36. The summed E-state index contributed by atoms with van der Waals surface area (Å²) in [6, 6.07) is 13.6. The summed E-state index contributed by atoms with van der Waals surface area (Å²) in [4.78, 5) is 16.6. The highest BCUT2D eigenvalue weighted by molar-refractivity contribution is 5.77. The lowest BCUT2D eigenvalue weighted by atomic mass is 9.88. The van der Waals surface area contributed by atoms with Crippen molar-refractivity contribution in [1.82, 2.24) is 4.98 Å². The Kier molecular flexibility index (Phi) is 4.96. The van der Waals surface area contributed by atoms with Crippen LogP contribution < -0.4 is 0 Å². The third-order valence-corrected chi connectivity index (χ3v) is 3.67. The summed E-state index contributed by atoms with van der Waals surface area (Å²) in [5.74, 6) is -0.613. The molecule has 0 bridgehead atoms. The Morgan fingerprint density at radius 1 is 1.14 bits per heavy atom. The fourth-order valence-electron chi connectivity index (χ4n) is 2.08. The van der Waals surface area contributed by atoms with Gasteiger partial charge < -0.3 is 4.74 Å². The Morgan fingerprint density at radius 3 is 2.36 bits per heavy atom. The van der Waals surface area contributed by atoms with E-state index in [9.17, 15) is 4.79 Å². The van der Waals surface area contributed by atoms with Crippen LogP contribution in [0.3, 0.4) is 0 Å². The zero-order chi connectivity index (χ0) is 16.2. The topological polar surface area (TPSA) is 39.2 Å². The van der Waals surface area contributed by atoms with Crippen LogP contribution >= 0.6 is 0 Å². The Morgan fingerprint density at radius 2 is 1.82 bits per heavy atom. The van der Waals surface area contributed by atoms with E-state index in [2.05, 4.69) is 25.8 Å². The van der Waals surface area contributed by atoms with E-state index in [0.29, 0.717) is 6.61 Å². The van der Waals surface area contributed by atoms with Crippen molar-refractivity contribution in [3.05, 3.63) is 65.5 Å². The van der Waals surface area contributed by atoms with Crippen LogP contribution in [0.15, 0.2) is 48.7 Å². The zero-order valence-electron chi connectivity index (χ0n) is 13.7. The standard InChI is InChI=1S/C19H23NO2/c1-14(17-11-10-16(12-20-17)19(2,3)4)18(21)22-13-15-8-6-5-7-9-15/h5-12,14H,13H2,1-4H3. The van der Waals surface area contributed by atoms with E-state index >= 15 is 0 Å². The summed E-state index contributed by atoms with van der Waals surface area (Å²) in [6.45, 7) is 8.54. The molecule has 0 N–H and O–H groups in total. The summed E-state index contributed by atoms with van der Waals surface area (Å²) in [7, 11) is 0. The number of ether oxygens (including phenoxy) is 1. The lowest BCUT2D eigenvalue weighted by Gasteiger charge is -2.19. The molecule has 0 aliphatic heterocycles. The third kappa shape index (κ3) is 4.17. The molecule has 3 nitrogen and oxygen atoms in total. The maximum absolute atomic E-state index is 12.1. The molecule has 1 aromatic heterocycles. The zero-order valence-corrected chi connectivity index (χ0v) is 13.7. The summed E-state index contributed by atoms with van der Waals surface area (Å²) in [5, 5.41) is 0. The van der Waals surface area contributed by atoms with Crippen LogP contribution in [0, 0.1) is 0 Å². The Bertz CT molecular complexity index is 612. The average molecular weight is 297 g/mol. The van der Waals surface area contributed by atoms with Gasteiger partial charge in [0.1, 0.15) is 6.61 Å². The van der Waals surface area contributed by atoms with Crippen LogP contribution in [0.25, 0.3) is 0 Å². The monoisotopic (exact) mass is 297 g/mol. The van der Waals surface area contributed by atoms with Gasteiger partial charge in [0, 0.05) is 6.20 Å². The van der Waals surface area contributed by atoms with Crippen LogP contribution in [0.2, 0.25) is 0 Å². The molecule has 2 aromatic rings. The molecule has 0 amide bonds. The van der Waals surface area contributed by atoms with Crippen LogP contribution in [0.4, 0.5) is 0 Å². The minimum absolute atomic E-state index is 0.0581. The first-order chi connectivity index (χ1) is 10.4. The number of hydrogen-bond acceptors (Lipinski definition) is 3. The van der Waals surface area contributed by atoms with Gasteiger partial charge in [0.05, 0.1) is 11.6 Å². The number of rotatable bonds is 4. The number of carbonyl (C=O) groups excluding carboxylic acids is 1. The molecule has 0 saturated heterocycles. The lowest BCUT2D eigenvalue weighted by molar-refractivity contribution is -0.146. The third-order valence-electron chi connectivity index (χ3n) is 3.67. The molecule has 22 heavy (non-hydrogen) atoms. The molecule has 1 heterocycles. The smallest absolute Gasteiger partial charge is 0.315 e. The Hall–Kier alpha value is -2.16. The fourth-order valence-corrected chi connectivity index (χ4v) is 2.08. The normalized spacial score (nSPS) is 12.7. The van der Waals surface area contributed by atoms with E-state index in [1.165, 1.54) is 0 Å². The van der Waals surface area contributed by atoms with Gasteiger partial charge >= 0.3 is 5.97 Å². The second-order valence-electron chi connectivity index (χ2n) is 6.54. The molecule has 0 aliphatic rings. The van der Waals surface area contributed by atoms with Crippen molar-refractivity contribution in [3.63, 3.8) is 0 Å². The average Bonchev–Trinajstić information content (AvgIpc) is 2.52. The van der Waals surface area contributed by atoms with Crippen LogP contribution in [-0.2, 0) is 21.6 Å². The van der Waals surface area contributed by atoms with Gasteiger partial charge in [-0.15, -0.1) is 0 Å². The molecule has 0 fully saturated rings. The largest absolute Gasteiger partial charge is 0.460 e. The Balaban J connectivity index is 1.98. The van der Waals surface area contributed by atoms with E-state index in [-0.39, 0.29) is 17.3 Å². The molecule has 2 rings (SSSR count). The van der Waals surface area contributed by atoms with Crippen molar-refractivity contribution in [3.8, 4) is 0 Å². The van der Waals surface area contributed by atoms with Gasteiger partial charge in [-0.1, -0.05) is 57.2 Å². The van der Waals surface area contributed by atoms with Gasteiger partial charge in [0.2, 0.25) is 0 Å². The predicted octanol–water partition coefficient (Wildman–Crippen LogP) is 4.23. The van der Waals surface area contributed by atoms with Crippen molar-refractivity contribution in [2.75, 3.05) is 0 Å². The first-order valence-corrected chi connectivity index (χ1v) is 7.55. The van der Waals surface area contributed by atoms with Gasteiger partial charge in [-0.25, -0.2) is 0 Å². The van der Waals surface area contributed by atoms with Gasteiger partial charge in [0.25, 0.3) is 0 Å². The highest BCUT2D eigenvalue weighted by Crippen LogP contribution is 2.23. The van der Waals surface area contributed by atoms with Gasteiger partial charge in [-0.3, -0.25) is 9.78 Å². The molecular formula is C19H23NO2. The van der Waals surface area contributed by atoms with E-state index in [1.54, 1.807) is 0 Å². The van der Waals surface area contributed by atoms with E-state index in [0.717, 1.165) is 16.8 Å². The molecular weight excluding hydrogens is 274 g/mol. The van der Waals surface area contributed by atoms with E-state index < -0.39 is 0 Å². The van der Waals surface area contributed by atoms with Crippen LogP contribution in [-0.4, -0.2) is 11.0 Å². The molecule has 0 saturated carbocycles. The predicted molar refractivity (Wildman–Crippen MR) is 87.6 cm³/mol. The van der Waals surface area contributed by atoms with Crippen LogP contribution in [0.5, 0.6) is 0 Å². The number of pyridine rings is 1. The van der Waals surface area contributed by atoms with Crippen molar-refractivity contribution >= 4 is 5.97 Å². The first-order valence-electron chi connectivity index (χ1n) is 7.55. The quantitative estimate of drug-likeness (QED) is 0.793. The molecule has 1 unspecified atom stereocenters. The molecule has 0 aliphatic carbocycles. The van der Waals surface area contributed by atoms with Crippen molar-refractivity contribution in [2.45, 2.75) is 45.6 Å². The molecule has 1 atom stereocenters. The minimum Gasteiger partial charge on any atom is -0.460 e. The van der Waals surface area contributed by atoms with Gasteiger partial charge in [0.15, 0.2) is 0 Å². The van der Waals surface area contributed by atoms with Gasteiger partial charge in [-0.2, -0.15) is 0 Å². The first kappa shape index (κ1) is 16.2. The fraction of sp³-hybridized carbons (Fsp3) is 0.368. The highest BCUT2D eigenvalue weighted by atomic mass is 16.5. The number of hydrogen-bond donors (Lipinski definition) is 0. The minimum atomic E-state index is -0.363. The van der Waals surface area contributed by atoms with Gasteiger partial charge in [-0.05, 0) is 29.5 Å². The Labute approximate surface area is 132 Å². The molecule has 3 heteroatoms. The molecule has 0 radical (unpaired) electrons. The van der Waals surface area contributed by atoms with Crippen molar-refractivity contribution in [2.24, 2.45) is 0 Å². The van der Waals surface area contributed by atoms with E-state index in [4.69, 9.17) is 4.74 Å². The summed E-state index contributed by atoms with van der Waals surface area (Å²) in [5.41, 5.74) is 2.94. The SMILES string of the molecule is CC(C(=O)OCc1ccccc1)c1ccc(C(C)(C)C)cn1. The summed E-state index contributed by atoms with van der Waals surface area (Å²) >= 11 is 0. The maximum Gasteiger partial charge on any atom is 0.315 e. The number of aromatic nitrogens is 1. The van der Waals surface area contributed by atoms with Crippen molar-refractivity contribution in [1.29, 1.82) is 0 Å². The number of benzene rings is 1. The molecule has 0 spiro atoms. The second-order valence-corrected chi connectivity index (χ2v) is 6.54. The van der Waals surface area contributed by atoms with Crippen LogP contribution in [0.1, 0.15) is 50.4 Å².